The zero-order valence-electron chi connectivity index (χ0n) is 14.0. The maximum absolute atomic E-state index is 11.9. The summed E-state index contributed by atoms with van der Waals surface area (Å²) >= 11 is 0. The molecule has 0 bridgehead atoms. The SMILES string of the molecule is CCCC[NH+]1CCC[C@@H]1C(O)(c1ccccc1)c1ccccc1. The lowest BCUT2D eigenvalue weighted by Crippen LogP contribution is -3.15. The van der Waals surface area contributed by atoms with Gasteiger partial charge in [0.25, 0.3) is 0 Å². The van der Waals surface area contributed by atoms with Gasteiger partial charge in [-0.15, -0.1) is 0 Å². The molecule has 23 heavy (non-hydrogen) atoms. The summed E-state index contributed by atoms with van der Waals surface area (Å²) in [6.45, 7) is 4.57. The molecule has 0 saturated carbocycles. The van der Waals surface area contributed by atoms with Crippen molar-refractivity contribution in [3.8, 4) is 0 Å². The summed E-state index contributed by atoms with van der Waals surface area (Å²) in [5.41, 5.74) is 1.14. The van der Waals surface area contributed by atoms with Crippen molar-refractivity contribution in [3.05, 3.63) is 71.8 Å². The number of rotatable bonds is 6. The highest BCUT2D eigenvalue weighted by atomic mass is 16.3. The molecule has 1 fully saturated rings. The fourth-order valence-corrected chi connectivity index (χ4v) is 4.07. The van der Waals surface area contributed by atoms with Crippen LogP contribution in [0.4, 0.5) is 0 Å². The largest absolute Gasteiger partial charge is 0.374 e. The number of quaternary nitrogens is 1. The number of likely N-dealkylation sites (tertiary alicyclic amines) is 1. The standard InChI is InChI=1S/C21H27NO/c1-2-3-16-22-17-10-15-20(22)21(23,18-11-6-4-7-12-18)19-13-8-5-9-14-19/h4-9,11-14,20,23H,2-3,10,15-17H2,1H3/p+1/t20-/m1/s1. The van der Waals surface area contributed by atoms with Crippen molar-refractivity contribution in [1.29, 1.82) is 0 Å². The molecule has 1 unspecified atom stereocenters. The molecule has 0 radical (unpaired) electrons. The molecule has 1 aliphatic rings. The van der Waals surface area contributed by atoms with Crippen molar-refractivity contribution in [3.63, 3.8) is 0 Å². The number of aliphatic hydroxyl groups is 1. The van der Waals surface area contributed by atoms with Crippen LogP contribution in [0.15, 0.2) is 60.7 Å². The summed E-state index contributed by atoms with van der Waals surface area (Å²) < 4.78 is 0. The zero-order valence-corrected chi connectivity index (χ0v) is 14.0. The second kappa shape index (κ2) is 7.29. The summed E-state index contributed by atoms with van der Waals surface area (Å²) in [6.07, 6.45) is 4.72. The molecule has 122 valence electrons. The third-order valence-electron chi connectivity index (χ3n) is 5.27. The van der Waals surface area contributed by atoms with Gasteiger partial charge >= 0.3 is 0 Å². The minimum Gasteiger partial charge on any atom is -0.374 e. The summed E-state index contributed by atoms with van der Waals surface area (Å²) in [5.74, 6) is 0. The molecular formula is C21H28NO+. The molecule has 0 spiro atoms. The minimum atomic E-state index is -0.901. The van der Waals surface area contributed by atoms with Crippen LogP contribution in [-0.4, -0.2) is 24.2 Å². The Morgan fingerprint density at radius 1 is 1.00 bits per heavy atom. The fourth-order valence-electron chi connectivity index (χ4n) is 4.07. The van der Waals surface area contributed by atoms with E-state index < -0.39 is 5.60 Å². The average molecular weight is 310 g/mol. The Hall–Kier alpha value is -1.64. The van der Waals surface area contributed by atoms with Crippen molar-refractivity contribution in [1.82, 2.24) is 0 Å². The number of nitrogens with one attached hydrogen (secondary N) is 1. The molecule has 3 rings (SSSR count). The van der Waals surface area contributed by atoms with Crippen LogP contribution in [0.25, 0.3) is 0 Å². The van der Waals surface area contributed by atoms with Gasteiger partial charge in [0, 0.05) is 12.8 Å². The van der Waals surface area contributed by atoms with E-state index in [1.807, 2.05) is 36.4 Å². The second-order valence-corrected chi connectivity index (χ2v) is 6.71. The Balaban J connectivity index is 2.02. The van der Waals surface area contributed by atoms with Gasteiger partial charge in [-0.25, -0.2) is 0 Å². The van der Waals surface area contributed by atoms with Gasteiger partial charge in [-0.05, 0) is 17.5 Å². The smallest absolute Gasteiger partial charge is 0.166 e. The molecule has 2 heteroatoms. The van der Waals surface area contributed by atoms with E-state index in [4.69, 9.17) is 0 Å². The van der Waals surface area contributed by atoms with Gasteiger partial charge in [-0.3, -0.25) is 0 Å². The molecular weight excluding hydrogens is 282 g/mol. The van der Waals surface area contributed by atoms with Gasteiger partial charge in [0.15, 0.2) is 5.60 Å². The first-order valence-corrected chi connectivity index (χ1v) is 8.94. The molecule has 2 nitrogen and oxygen atoms in total. The fraction of sp³-hybridized carbons (Fsp3) is 0.429. The summed E-state index contributed by atoms with van der Waals surface area (Å²) in [6, 6.07) is 20.7. The highest BCUT2D eigenvalue weighted by Crippen LogP contribution is 2.34. The third kappa shape index (κ3) is 3.19. The highest BCUT2D eigenvalue weighted by molar-refractivity contribution is 5.37. The molecule has 2 atom stereocenters. The summed E-state index contributed by atoms with van der Waals surface area (Å²) in [4.78, 5) is 1.56. The van der Waals surface area contributed by atoms with Gasteiger partial charge < -0.3 is 10.0 Å². The number of hydrogen-bond donors (Lipinski definition) is 2. The molecule has 1 saturated heterocycles. The molecule has 0 aromatic heterocycles. The number of benzene rings is 2. The predicted molar refractivity (Wildman–Crippen MR) is 94.5 cm³/mol. The van der Waals surface area contributed by atoms with E-state index in [0.717, 1.165) is 24.1 Å². The molecule has 0 amide bonds. The lowest BCUT2D eigenvalue weighted by atomic mass is 9.79. The quantitative estimate of drug-likeness (QED) is 0.842. The minimum absolute atomic E-state index is 0.235. The Morgan fingerprint density at radius 2 is 1.57 bits per heavy atom. The Bertz CT molecular complexity index is 556. The molecule has 0 aliphatic carbocycles. The first kappa shape index (κ1) is 16.2. The van der Waals surface area contributed by atoms with Crippen LogP contribution in [0, 0.1) is 0 Å². The van der Waals surface area contributed by atoms with Gasteiger partial charge in [-0.1, -0.05) is 74.0 Å². The Labute approximate surface area is 139 Å². The molecule has 2 aromatic carbocycles. The third-order valence-corrected chi connectivity index (χ3v) is 5.27. The van der Waals surface area contributed by atoms with Gasteiger partial charge in [0.05, 0.1) is 13.1 Å². The second-order valence-electron chi connectivity index (χ2n) is 6.71. The molecule has 2 aromatic rings. The summed E-state index contributed by atoms with van der Waals surface area (Å²) in [5, 5.41) is 11.9. The molecule has 1 heterocycles. The zero-order chi connectivity index (χ0) is 16.1. The summed E-state index contributed by atoms with van der Waals surface area (Å²) in [7, 11) is 0. The van der Waals surface area contributed by atoms with Crippen molar-refractivity contribution >= 4 is 0 Å². The van der Waals surface area contributed by atoms with Crippen LogP contribution < -0.4 is 4.90 Å². The lowest BCUT2D eigenvalue weighted by molar-refractivity contribution is -0.920. The van der Waals surface area contributed by atoms with E-state index in [2.05, 4.69) is 31.2 Å². The van der Waals surface area contributed by atoms with E-state index in [-0.39, 0.29) is 6.04 Å². The van der Waals surface area contributed by atoms with E-state index in [1.54, 1.807) is 4.90 Å². The van der Waals surface area contributed by atoms with Crippen LogP contribution in [0.2, 0.25) is 0 Å². The lowest BCUT2D eigenvalue weighted by Gasteiger charge is -2.37. The highest BCUT2D eigenvalue weighted by Gasteiger charge is 2.48. The van der Waals surface area contributed by atoms with E-state index >= 15 is 0 Å². The number of unbranched alkanes of at least 4 members (excludes halogenated alkanes) is 1. The van der Waals surface area contributed by atoms with Gasteiger partial charge in [0.2, 0.25) is 0 Å². The monoisotopic (exact) mass is 310 g/mol. The normalized spacial score (nSPS) is 21.5. The molecule has 2 N–H and O–H groups in total. The Kier molecular flexibility index (Phi) is 5.14. The van der Waals surface area contributed by atoms with E-state index in [0.29, 0.717) is 0 Å². The van der Waals surface area contributed by atoms with Crippen LogP contribution in [0.1, 0.15) is 43.7 Å². The number of hydrogen-bond acceptors (Lipinski definition) is 1. The van der Waals surface area contributed by atoms with Gasteiger partial charge in [0.1, 0.15) is 6.04 Å². The van der Waals surface area contributed by atoms with Crippen molar-refractivity contribution < 1.29 is 10.0 Å². The van der Waals surface area contributed by atoms with E-state index in [9.17, 15) is 5.11 Å². The van der Waals surface area contributed by atoms with Crippen LogP contribution >= 0.6 is 0 Å². The van der Waals surface area contributed by atoms with Crippen molar-refractivity contribution in [2.75, 3.05) is 13.1 Å². The maximum Gasteiger partial charge on any atom is 0.166 e. The van der Waals surface area contributed by atoms with Crippen LogP contribution in [0.3, 0.4) is 0 Å². The first-order chi connectivity index (χ1) is 11.3. The van der Waals surface area contributed by atoms with Crippen LogP contribution in [-0.2, 0) is 5.60 Å². The Morgan fingerprint density at radius 3 is 2.09 bits per heavy atom. The van der Waals surface area contributed by atoms with Crippen LogP contribution in [0.5, 0.6) is 0 Å². The van der Waals surface area contributed by atoms with Crippen molar-refractivity contribution in [2.45, 2.75) is 44.2 Å². The van der Waals surface area contributed by atoms with E-state index in [1.165, 1.54) is 25.8 Å². The molecule has 1 aliphatic heterocycles. The van der Waals surface area contributed by atoms with Crippen molar-refractivity contribution in [2.24, 2.45) is 0 Å². The predicted octanol–water partition coefficient (Wildman–Crippen LogP) is 2.77. The maximum atomic E-state index is 11.9. The average Bonchev–Trinajstić information content (AvgIpc) is 3.10. The topological polar surface area (TPSA) is 24.7 Å². The first-order valence-electron chi connectivity index (χ1n) is 8.94. The van der Waals surface area contributed by atoms with Gasteiger partial charge in [-0.2, -0.15) is 0 Å².